The molecule has 0 radical (unpaired) electrons. The van der Waals surface area contributed by atoms with Gasteiger partial charge in [0.25, 0.3) is 17.7 Å². The molecule has 12 nitrogen and oxygen atoms in total. The van der Waals surface area contributed by atoms with Gasteiger partial charge in [-0.15, -0.1) is 0 Å². The minimum Gasteiger partial charge on any atom is -0.504 e. The minimum atomic E-state index is -1.54. The van der Waals surface area contributed by atoms with Gasteiger partial charge in [-0.1, -0.05) is 6.07 Å². The largest absolute Gasteiger partial charge is 0.504 e. The number of ether oxygens (including phenoxy) is 3. The van der Waals surface area contributed by atoms with Gasteiger partial charge in [0, 0.05) is 25.2 Å². The Bertz CT molecular complexity index is 1730. The molecule has 1 heterocycles. The number of nitrogens with two attached hydrogens (primary N) is 1. The summed E-state index contributed by atoms with van der Waals surface area (Å²) in [6.07, 6.45) is 0. The number of aromatic nitrogens is 1. The van der Waals surface area contributed by atoms with Crippen LogP contribution in [0.3, 0.4) is 0 Å². The fraction of sp³-hybridized carbons (Fsp3) is 0.0714. The molecule has 0 saturated carbocycles. The molecule has 0 saturated heterocycles. The summed E-state index contributed by atoms with van der Waals surface area (Å²) in [6.45, 7) is 0. The second kappa shape index (κ2) is 11.7. The molecule has 0 spiro atoms. The van der Waals surface area contributed by atoms with Crippen molar-refractivity contribution in [2.75, 3.05) is 14.1 Å². The average molecular weight is 581 g/mol. The third-order valence-electron chi connectivity index (χ3n) is 5.57. The van der Waals surface area contributed by atoms with E-state index in [1.54, 1.807) is 0 Å². The van der Waals surface area contributed by atoms with Crippen molar-refractivity contribution in [3.63, 3.8) is 0 Å². The Hall–Kier alpha value is -5.92. The standard InChI is InChI=1S/C28H22F2N4O8/c1-34(2)27(37)14-4-3-5-16(10-14)40-25-21(29)23(41-19-9-7-15(28(38)39)11-18(19)36)22(30)26(33-25)42-20-12-13(24(31)32)6-8-17(20)35/h3-12,35-36H,1-2H3,(H3,31,32)(H,38,39). The van der Waals surface area contributed by atoms with Crippen molar-refractivity contribution in [3.05, 3.63) is 89.0 Å². The molecule has 4 rings (SSSR count). The zero-order chi connectivity index (χ0) is 30.7. The number of aromatic carboxylic acids is 1. The van der Waals surface area contributed by atoms with Crippen molar-refractivity contribution in [1.29, 1.82) is 5.41 Å². The second-order valence-electron chi connectivity index (χ2n) is 8.80. The number of amidine groups is 1. The van der Waals surface area contributed by atoms with Crippen LogP contribution < -0.4 is 19.9 Å². The van der Waals surface area contributed by atoms with E-state index in [0.29, 0.717) is 0 Å². The third-order valence-corrected chi connectivity index (χ3v) is 5.57. The summed E-state index contributed by atoms with van der Waals surface area (Å²) in [4.78, 5) is 28.6. The van der Waals surface area contributed by atoms with E-state index in [-0.39, 0.29) is 28.3 Å². The normalized spacial score (nSPS) is 10.6. The lowest BCUT2D eigenvalue weighted by atomic mass is 10.2. The lowest BCUT2D eigenvalue weighted by Crippen LogP contribution is -2.21. The van der Waals surface area contributed by atoms with Crippen molar-refractivity contribution in [2.24, 2.45) is 5.73 Å². The third kappa shape index (κ3) is 6.12. The van der Waals surface area contributed by atoms with Crippen LogP contribution in [0.2, 0.25) is 0 Å². The summed E-state index contributed by atoms with van der Waals surface area (Å²) in [5.74, 6) is -10.5. The lowest BCUT2D eigenvalue weighted by Gasteiger charge is -2.16. The van der Waals surface area contributed by atoms with E-state index in [9.17, 15) is 19.8 Å². The summed E-state index contributed by atoms with van der Waals surface area (Å²) in [7, 11) is 3.05. The van der Waals surface area contributed by atoms with Crippen molar-refractivity contribution >= 4 is 17.7 Å². The molecule has 0 unspecified atom stereocenters. The number of nitrogen functional groups attached to an aromatic ring is 1. The number of phenols is 2. The number of pyridine rings is 1. The van der Waals surface area contributed by atoms with Crippen LogP contribution in [0.4, 0.5) is 8.78 Å². The number of carboxylic acids is 1. The van der Waals surface area contributed by atoms with Gasteiger partial charge >= 0.3 is 5.97 Å². The molecule has 6 N–H and O–H groups in total. The Balaban J connectivity index is 1.83. The number of benzene rings is 3. The number of carbonyl (C=O) groups is 2. The number of amides is 1. The highest BCUT2D eigenvalue weighted by Crippen LogP contribution is 2.42. The number of carbonyl (C=O) groups excluding carboxylic acids is 1. The van der Waals surface area contributed by atoms with Gasteiger partial charge in [-0.05, 0) is 54.6 Å². The second-order valence-corrected chi connectivity index (χ2v) is 8.80. The Kier molecular flexibility index (Phi) is 8.08. The van der Waals surface area contributed by atoms with Crippen LogP contribution in [0.1, 0.15) is 26.3 Å². The van der Waals surface area contributed by atoms with Gasteiger partial charge in [-0.3, -0.25) is 10.2 Å². The molecular weight excluding hydrogens is 558 g/mol. The smallest absolute Gasteiger partial charge is 0.335 e. The topological polar surface area (TPSA) is 189 Å². The first-order valence-electron chi connectivity index (χ1n) is 11.8. The van der Waals surface area contributed by atoms with E-state index in [1.165, 1.54) is 49.3 Å². The molecule has 14 heteroatoms. The molecule has 3 aromatic carbocycles. The highest BCUT2D eigenvalue weighted by atomic mass is 19.1. The number of aromatic hydroxyl groups is 2. The van der Waals surface area contributed by atoms with Crippen molar-refractivity contribution in [1.82, 2.24) is 9.88 Å². The molecule has 0 aliphatic rings. The van der Waals surface area contributed by atoms with Gasteiger partial charge in [-0.25, -0.2) is 4.79 Å². The predicted octanol–water partition coefficient (Wildman–Crippen LogP) is 4.83. The SMILES string of the molecule is CN(C)C(=O)c1cccc(Oc2nc(Oc3cc(C(=N)N)ccc3O)c(F)c(Oc3ccc(C(=O)O)cc3O)c2F)c1. The lowest BCUT2D eigenvalue weighted by molar-refractivity contribution is 0.0695. The molecule has 0 atom stereocenters. The van der Waals surface area contributed by atoms with Crippen LogP contribution in [-0.4, -0.2) is 57.0 Å². The minimum absolute atomic E-state index is 0.0762. The summed E-state index contributed by atoms with van der Waals surface area (Å²) in [6, 6.07) is 11.9. The van der Waals surface area contributed by atoms with Gasteiger partial charge < -0.3 is 40.2 Å². The summed E-state index contributed by atoms with van der Waals surface area (Å²) in [5.41, 5.74) is 5.43. The quantitative estimate of drug-likeness (QED) is 0.135. The number of nitrogens with zero attached hydrogens (tertiary/aromatic N) is 2. The predicted molar refractivity (Wildman–Crippen MR) is 143 cm³/mol. The number of rotatable bonds is 9. The van der Waals surface area contributed by atoms with E-state index in [2.05, 4.69) is 4.98 Å². The molecule has 0 bridgehead atoms. The van der Waals surface area contributed by atoms with Crippen LogP contribution in [0.5, 0.6) is 46.3 Å². The Morgan fingerprint density at radius 1 is 0.833 bits per heavy atom. The molecule has 0 fully saturated rings. The molecule has 4 aromatic rings. The van der Waals surface area contributed by atoms with E-state index in [0.717, 1.165) is 30.3 Å². The summed E-state index contributed by atoms with van der Waals surface area (Å²) >= 11 is 0. The fourth-order valence-electron chi connectivity index (χ4n) is 3.48. The number of halogens is 2. The average Bonchev–Trinajstić information content (AvgIpc) is 2.94. The van der Waals surface area contributed by atoms with Gasteiger partial charge in [-0.2, -0.15) is 13.8 Å². The maximum atomic E-state index is 15.6. The van der Waals surface area contributed by atoms with Crippen molar-refractivity contribution in [3.8, 4) is 46.3 Å². The van der Waals surface area contributed by atoms with Crippen LogP contribution >= 0.6 is 0 Å². The van der Waals surface area contributed by atoms with Gasteiger partial charge in [0.05, 0.1) is 5.56 Å². The first-order valence-corrected chi connectivity index (χ1v) is 11.8. The highest BCUT2D eigenvalue weighted by molar-refractivity contribution is 5.95. The first kappa shape index (κ1) is 29.1. The summed E-state index contributed by atoms with van der Waals surface area (Å²) in [5, 5.41) is 37.1. The van der Waals surface area contributed by atoms with Crippen molar-refractivity contribution < 1.29 is 47.9 Å². The van der Waals surface area contributed by atoms with E-state index in [1.807, 2.05) is 0 Å². The van der Waals surface area contributed by atoms with Gasteiger partial charge in [0.2, 0.25) is 17.4 Å². The molecule has 0 aliphatic carbocycles. The van der Waals surface area contributed by atoms with E-state index < -0.39 is 63.9 Å². The number of phenolic OH excluding ortho intramolecular Hbond substituents is 2. The molecule has 0 aliphatic heterocycles. The molecule has 1 aromatic heterocycles. The zero-order valence-electron chi connectivity index (χ0n) is 21.9. The maximum absolute atomic E-state index is 15.6. The number of hydrogen-bond donors (Lipinski definition) is 5. The Morgan fingerprint density at radius 3 is 2.12 bits per heavy atom. The number of nitrogens with one attached hydrogen (secondary N) is 1. The van der Waals surface area contributed by atoms with E-state index in [4.69, 9.17) is 30.5 Å². The Morgan fingerprint density at radius 2 is 1.50 bits per heavy atom. The maximum Gasteiger partial charge on any atom is 0.335 e. The monoisotopic (exact) mass is 580 g/mol. The van der Waals surface area contributed by atoms with Crippen LogP contribution in [0.25, 0.3) is 0 Å². The molecule has 216 valence electrons. The number of carboxylic acid groups (broad SMARTS) is 1. The van der Waals surface area contributed by atoms with Gasteiger partial charge in [0.15, 0.2) is 23.0 Å². The van der Waals surface area contributed by atoms with Crippen LogP contribution in [0, 0.1) is 17.0 Å². The zero-order valence-corrected chi connectivity index (χ0v) is 21.9. The highest BCUT2D eigenvalue weighted by Gasteiger charge is 2.27. The van der Waals surface area contributed by atoms with Crippen molar-refractivity contribution in [2.45, 2.75) is 0 Å². The molecular formula is C28H22F2N4O8. The van der Waals surface area contributed by atoms with Gasteiger partial charge in [0.1, 0.15) is 11.6 Å². The van der Waals surface area contributed by atoms with Crippen LogP contribution in [-0.2, 0) is 0 Å². The fourth-order valence-corrected chi connectivity index (χ4v) is 3.48. The molecule has 42 heavy (non-hydrogen) atoms. The molecule has 1 amide bonds. The van der Waals surface area contributed by atoms with E-state index >= 15 is 8.78 Å². The number of hydrogen-bond acceptors (Lipinski definition) is 9. The summed E-state index contributed by atoms with van der Waals surface area (Å²) < 4.78 is 47.5. The first-order chi connectivity index (χ1) is 19.8. The van der Waals surface area contributed by atoms with Crippen LogP contribution in [0.15, 0.2) is 60.7 Å². The Labute approximate surface area is 236 Å².